The first kappa shape index (κ1) is 15.3. The van der Waals surface area contributed by atoms with Crippen LogP contribution in [-0.4, -0.2) is 42.3 Å². The van der Waals surface area contributed by atoms with E-state index in [-0.39, 0.29) is 6.09 Å². The maximum absolute atomic E-state index is 11.8. The van der Waals surface area contributed by atoms with Crippen LogP contribution in [0, 0.1) is 0 Å². The minimum absolute atomic E-state index is 0.220. The van der Waals surface area contributed by atoms with Gasteiger partial charge in [0.1, 0.15) is 5.60 Å². The summed E-state index contributed by atoms with van der Waals surface area (Å²) in [5.74, 6) is 0. The SMILES string of the molecule is C=C(Cl)CNC1CCN(C(=O)OC(C)(C)C)CC1. The molecule has 5 heteroatoms. The van der Waals surface area contributed by atoms with Crippen molar-refractivity contribution in [2.24, 2.45) is 0 Å². The number of nitrogens with zero attached hydrogens (tertiary/aromatic N) is 1. The van der Waals surface area contributed by atoms with Crippen LogP contribution < -0.4 is 5.32 Å². The normalized spacial score (nSPS) is 17.7. The highest BCUT2D eigenvalue weighted by Gasteiger charge is 2.26. The van der Waals surface area contributed by atoms with Crippen LogP contribution in [0.15, 0.2) is 11.6 Å². The third kappa shape index (κ3) is 5.74. The molecular weight excluding hydrogens is 252 g/mol. The quantitative estimate of drug-likeness (QED) is 0.860. The number of carbonyl (C=O) groups is 1. The van der Waals surface area contributed by atoms with Crippen molar-refractivity contribution in [3.05, 3.63) is 11.6 Å². The summed E-state index contributed by atoms with van der Waals surface area (Å²) in [6.45, 7) is 11.4. The monoisotopic (exact) mass is 274 g/mol. The van der Waals surface area contributed by atoms with E-state index in [2.05, 4.69) is 11.9 Å². The number of ether oxygens (including phenoxy) is 1. The molecule has 4 nitrogen and oxygen atoms in total. The van der Waals surface area contributed by atoms with Crippen LogP contribution in [0.1, 0.15) is 33.6 Å². The van der Waals surface area contributed by atoms with Crippen LogP contribution in [0.4, 0.5) is 4.79 Å². The Morgan fingerprint density at radius 1 is 1.44 bits per heavy atom. The van der Waals surface area contributed by atoms with Crippen LogP contribution in [0.3, 0.4) is 0 Å². The first-order chi connectivity index (χ1) is 8.28. The zero-order valence-corrected chi connectivity index (χ0v) is 12.2. The van der Waals surface area contributed by atoms with Gasteiger partial charge in [-0.15, -0.1) is 0 Å². The van der Waals surface area contributed by atoms with Gasteiger partial charge in [0.25, 0.3) is 0 Å². The molecule has 1 rings (SSSR count). The number of likely N-dealkylation sites (tertiary alicyclic amines) is 1. The highest BCUT2D eigenvalue weighted by molar-refractivity contribution is 6.29. The first-order valence-corrected chi connectivity index (χ1v) is 6.70. The fourth-order valence-electron chi connectivity index (χ4n) is 1.85. The number of rotatable bonds is 3. The lowest BCUT2D eigenvalue weighted by Crippen LogP contribution is -2.46. The van der Waals surface area contributed by atoms with Crippen LogP contribution in [0.2, 0.25) is 0 Å². The lowest BCUT2D eigenvalue weighted by atomic mass is 10.1. The minimum atomic E-state index is -0.428. The molecule has 0 atom stereocenters. The standard InChI is InChI=1S/C13H23ClN2O2/c1-10(14)9-15-11-5-7-16(8-6-11)12(17)18-13(2,3)4/h11,15H,1,5-9H2,2-4H3. The van der Waals surface area contributed by atoms with Crippen molar-refractivity contribution in [1.29, 1.82) is 0 Å². The molecule has 1 saturated heterocycles. The summed E-state index contributed by atoms with van der Waals surface area (Å²) in [5.41, 5.74) is -0.428. The fourth-order valence-corrected chi connectivity index (χ4v) is 1.92. The van der Waals surface area contributed by atoms with E-state index in [0.29, 0.717) is 17.6 Å². The van der Waals surface area contributed by atoms with Crippen LogP contribution in [0.5, 0.6) is 0 Å². The lowest BCUT2D eigenvalue weighted by molar-refractivity contribution is 0.0199. The van der Waals surface area contributed by atoms with Gasteiger partial charge in [0.15, 0.2) is 0 Å². The zero-order valence-electron chi connectivity index (χ0n) is 11.5. The highest BCUT2D eigenvalue weighted by Crippen LogP contribution is 2.15. The Morgan fingerprint density at radius 2 is 2.00 bits per heavy atom. The smallest absolute Gasteiger partial charge is 0.410 e. The number of halogens is 1. The molecule has 104 valence electrons. The van der Waals surface area contributed by atoms with Gasteiger partial charge in [0, 0.05) is 30.7 Å². The Bertz CT molecular complexity index is 305. The highest BCUT2D eigenvalue weighted by atomic mass is 35.5. The minimum Gasteiger partial charge on any atom is -0.444 e. The van der Waals surface area contributed by atoms with Gasteiger partial charge in [-0.25, -0.2) is 4.79 Å². The van der Waals surface area contributed by atoms with E-state index in [9.17, 15) is 4.79 Å². The predicted octanol–water partition coefficient (Wildman–Crippen LogP) is 2.73. The van der Waals surface area contributed by atoms with Gasteiger partial charge in [-0.2, -0.15) is 0 Å². The Kier molecular flexibility index (Phi) is 5.47. The maximum Gasteiger partial charge on any atom is 0.410 e. The summed E-state index contributed by atoms with van der Waals surface area (Å²) in [4.78, 5) is 13.6. The summed E-state index contributed by atoms with van der Waals surface area (Å²) in [5, 5.41) is 3.93. The second-order valence-electron chi connectivity index (χ2n) is 5.64. The average molecular weight is 275 g/mol. The summed E-state index contributed by atoms with van der Waals surface area (Å²) < 4.78 is 5.34. The van der Waals surface area contributed by atoms with Crippen molar-refractivity contribution in [2.75, 3.05) is 19.6 Å². The van der Waals surface area contributed by atoms with Gasteiger partial charge in [-0.3, -0.25) is 0 Å². The zero-order chi connectivity index (χ0) is 13.8. The molecule has 1 fully saturated rings. The summed E-state index contributed by atoms with van der Waals surface area (Å²) in [7, 11) is 0. The van der Waals surface area contributed by atoms with Gasteiger partial charge >= 0.3 is 6.09 Å². The largest absolute Gasteiger partial charge is 0.444 e. The second kappa shape index (κ2) is 6.43. The molecule has 0 aliphatic carbocycles. The van der Waals surface area contributed by atoms with Crippen LogP contribution in [0.25, 0.3) is 0 Å². The van der Waals surface area contributed by atoms with Crippen molar-refractivity contribution >= 4 is 17.7 Å². The topological polar surface area (TPSA) is 41.6 Å². The molecule has 0 unspecified atom stereocenters. The van der Waals surface area contributed by atoms with E-state index in [0.717, 1.165) is 25.9 Å². The molecule has 0 saturated carbocycles. The van der Waals surface area contributed by atoms with E-state index in [1.807, 2.05) is 20.8 Å². The number of nitrogens with one attached hydrogen (secondary N) is 1. The molecule has 18 heavy (non-hydrogen) atoms. The van der Waals surface area contributed by atoms with Crippen molar-refractivity contribution in [3.8, 4) is 0 Å². The Labute approximate surface area is 114 Å². The van der Waals surface area contributed by atoms with Crippen LogP contribution >= 0.6 is 11.6 Å². The molecule has 0 aromatic carbocycles. The molecule has 0 aromatic rings. The van der Waals surface area contributed by atoms with Crippen molar-refractivity contribution < 1.29 is 9.53 Å². The van der Waals surface area contributed by atoms with E-state index in [1.165, 1.54) is 0 Å². The second-order valence-corrected chi connectivity index (χ2v) is 6.17. The lowest BCUT2D eigenvalue weighted by Gasteiger charge is -2.33. The van der Waals surface area contributed by atoms with E-state index in [4.69, 9.17) is 16.3 Å². The Morgan fingerprint density at radius 3 is 2.44 bits per heavy atom. The molecule has 0 aromatic heterocycles. The van der Waals surface area contributed by atoms with E-state index in [1.54, 1.807) is 4.90 Å². The summed E-state index contributed by atoms with van der Waals surface area (Å²) in [6, 6.07) is 0.402. The Hall–Kier alpha value is -0.740. The molecule has 0 spiro atoms. The molecule has 1 aliphatic rings. The average Bonchev–Trinajstić information content (AvgIpc) is 2.24. The van der Waals surface area contributed by atoms with Crippen molar-refractivity contribution in [2.45, 2.75) is 45.3 Å². The van der Waals surface area contributed by atoms with Crippen molar-refractivity contribution in [3.63, 3.8) is 0 Å². The number of hydrogen-bond acceptors (Lipinski definition) is 3. The molecular formula is C13H23ClN2O2. The Balaban J connectivity index is 2.30. The molecule has 1 amide bonds. The van der Waals surface area contributed by atoms with Gasteiger partial charge < -0.3 is 15.0 Å². The first-order valence-electron chi connectivity index (χ1n) is 6.32. The molecule has 1 heterocycles. The summed E-state index contributed by atoms with van der Waals surface area (Å²) >= 11 is 5.71. The van der Waals surface area contributed by atoms with Gasteiger partial charge in [0.2, 0.25) is 0 Å². The predicted molar refractivity (Wildman–Crippen MR) is 73.8 cm³/mol. The third-order valence-corrected chi connectivity index (χ3v) is 2.86. The van der Waals surface area contributed by atoms with Gasteiger partial charge in [-0.1, -0.05) is 18.2 Å². The number of hydrogen-bond donors (Lipinski definition) is 1. The van der Waals surface area contributed by atoms with Crippen LogP contribution in [-0.2, 0) is 4.74 Å². The maximum atomic E-state index is 11.8. The van der Waals surface area contributed by atoms with E-state index >= 15 is 0 Å². The molecule has 0 bridgehead atoms. The molecule has 1 N–H and O–H groups in total. The molecule has 1 aliphatic heterocycles. The molecule has 0 radical (unpaired) electrons. The number of piperidine rings is 1. The third-order valence-electron chi connectivity index (χ3n) is 2.73. The summed E-state index contributed by atoms with van der Waals surface area (Å²) in [6.07, 6.45) is 1.62. The van der Waals surface area contributed by atoms with Crippen molar-refractivity contribution in [1.82, 2.24) is 10.2 Å². The number of carbonyl (C=O) groups excluding carboxylic acids is 1. The van der Waals surface area contributed by atoms with Gasteiger partial charge in [-0.05, 0) is 33.6 Å². The fraction of sp³-hybridized carbons (Fsp3) is 0.769. The van der Waals surface area contributed by atoms with E-state index < -0.39 is 5.60 Å². The van der Waals surface area contributed by atoms with Gasteiger partial charge in [0.05, 0.1) is 0 Å². The number of amides is 1.